The van der Waals surface area contributed by atoms with E-state index in [2.05, 4.69) is 5.32 Å². The van der Waals surface area contributed by atoms with Gasteiger partial charge in [0.25, 0.3) is 0 Å². The Morgan fingerprint density at radius 1 is 0.769 bits per heavy atom. The van der Waals surface area contributed by atoms with Crippen LogP contribution in [0.1, 0.15) is 55.5 Å². The fourth-order valence-electron chi connectivity index (χ4n) is 3.35. The topological polar surface area (TPSA) is 119 Å². The first-order valence-corrected chi connectivity index (χ1v) is 9.44. The minimum absolute atomic E-state index is 0.336. The van der Waals surface area contributed by atoms with Gasteiger partial charge in [-0.1, -0.05) is 6.07 Å². The number of aliphatic hydroxyl groups is 4. The third-order valence-electron chi connectivity index (χ3n) is 4.33. The van der Waals surface area contributed by atoms with Crippen LogP contribution in [0.15, 0.2) is 6.07 Å². The molecule has 4 atom stereocenters. The van der Waals surface area contributed by atoms with Crippen LogP contribution in [0.2, 0.25) is 0 Å². The summed E-state index contributed by atoms with van der Waals surface area (Å²) in [5.74, 6) is 0. The Morgan fingerprint density at radius 3 is 1.77 bits per heavy atom. The van der Waals surface area contributed by atoms with Crippen molar-refractivity contribution in [1.82, 2.24) is 5.32 Å². The molecule has 4 unspecified atom stereocenters. The predicted octanol–water partition coefficient (Wildman–Crippen LogP) is 0.386. The second kappa shape index (κ2) is 11.0. The van der Waals surface area contributed by atoms with Gasteiger partial charge in [-0.2, -0.15) is 0 Å². The highest BCUT2D eigenvalue weighted by Gasteiger charge is 2.20. The van der Waals surface area contributed by atoms with E-state index in [4.69, 9.17) is 5.73 Å². The Balaban J connectivity index is 3.47. The molecule has 0 spiro atoms. The van der Waals surface area contributed by atoms with Gasteiger partial charge in [0.2, 0.25) is 0 Å². The van der Waals surface area contributed by atoms with E-state index in [1.54, 1.807) is 27.7 Å². The van der Waals surface area contributed by atoms with Gasteiger partial charge in [-0.3, -0.25) is 0 Å². The van der Waals surface area contributed by atoms with E-state index in [9.17, 15) is 20.4 Å². The third-order valence-corrected chi connectivity index (χ3v) is 4.33. The summed E-state index contributed by atoms with van der Waals surface area (Å²) in [5, 5.41) is 42.7. The highest BCUT2D eigenvalue weighted by molar-refractivity contribution is 5.47. The highest BCUT2D eigenvalue weighted by Crippen LogP contribution is 2.28. The molecule has 0 amide bonds. The van der Waals surface area contributed by atoms with Crippen LogP contribution in [-0.2, 0) is 32.4 Å². The summed E-state index contributed by atoms with van der Waals surface area (Å²) in [6.07, 6.45) is -0.615. The molecule has 0 aliphatic heterocycles. The van der Waals surface area contributed by atoms with Crippen LogP contribution in [0.3, 0.4) is 0 Å². The van der Waals surface area contributed by atoms with Crippen LogP contribution in [0.5, 0.6) is 0 Å². The number of aliphatic hydroxyl groups excluding tert-OH is 4. The molecule has 1 aromatic carbocycles. The molecule has 0 bridgehead atoms. The normalized spacial score (nSPS) is 16.3. The maximum atomic E-state index is 10.0. The van der Waals surface area contributed by atoms with Gasteiger partial charge < -0.3 is 31.5 Å². The lowest BCUT2D eigenvalue weighted by atomic mass is 9.84. The zero-order chi connectivity index (χ0) is 19.9. The molecule has 0 saturated carbocycles. The standard InChI is InChI=1S/C20H36N2O4/c1-12(23)5-16-8-17(9-21)18(6-13(2)24)19(7-14(3)25)20(16)11-22-10-15(4)26/h8,12-15,22-26H,5-7,9-11,21H2,1-4H3. The fraction of sp³-hybridized carbons (Fsp3) is 0.700. The van der Waals surface area contributed by atoms with Crippen LogP contribution in [0, 0.1) is 0 Å². The highest BCUT2D eigenvalue weighted by atomic mass is 16.3. The molecular formula is C20H36N2O4. The van der Waals surface area contributed by atoms with E-state index in [1.807, 2.05) is 6.07 Å². The summed E-state index contributed by atoms with van der Waals surface area (Å²) in [6, 6.07) is 2.01. The maximum absolute atomic E-state index is 10.0. The molecule has 150 valence electrons. The first-order valence-electron chi connectivity index (χ1n) is 9.44. The molecule has 0 aliphatic carbocycles. The Labute approximate surface area is 157 Å². The van der Waals surface area contributed by atoms with Crippen molar-refractivity contribution in [2.45, 2.75) is 84.5 Å². The van der Waals surface area contributed by atoms with Gasteiger partial charge in [0, 0.05) is 19.6 Å². The number of hydrogen-bond acceptors (Lipinski definition) is 6. The summed E-state index contributed by atoms with van der Waals surface area (Å²) < 4.78 is 0. The van der Waals surface area contributed by atoms with Crippen molar-refractivity contribution in [3.8, 4) is 0 Å². The summed E-state index contributed by atoms with van der Waals surface area (Å²) in [5.41, 5.74) is 10.9. The monoisotopic (exact) mass is 368 g/mol. The van der Waals surface area contributed by atoms with Crippen molar-refractivity contribution < 1.29 is 20.4 Å². The largest absolute Gasteiger partial charge is 0.393 e. The molecule has 7 N–H and O–H groups in total. The number of hydrogen-bond donors (Lipinski definition) is 6. The molecule has 0 aromatic heterocycles. The van der Waals surface area contributed by atoms with Crippen LogP contribution >= 0.6 is 0 Å². The Bertz CT molecular complexity index is 557. The Hall–Kier alpha value is -1.02. The van der Waals surface area contributed by atoms with Gasteiger partial charge in [-0.05, 0) is 74.8 Å². The lowest BCUT2D eigenvalue weighted by Crippen LogP contribution is -2.27. The molecule has 0 fully saturated rings. The van der Waals surface area contributed by atoms with E-state index in [0.29, 0.717) is 38.9 Å². The van der Waals surface area contributed by atoms with Gasteiger partial charge in [0.05, 0.1) is 24.4 Å². The molecule has 6 nitrogen and oxygen atoms in total. The van der Waals surface area contributed by atoms with Gasteiger partial charge >= 0.3 is 0 Å². The van der Waals surface area contributed by atoms with E-state index < -0.39 is 24.4 Å². The lowest BCUT2D eigenvalue weighted by molar-refractivity contribution is 0.186. The van der Waals surface area contributed by atoms with Crippen molar-refractivity contribution in [1.29, 1.82) is 0 Å². The van der Waals surface area contributed by atoms with E-state index >= 15 is 0 Å². The Kier molecular flexibility index (Phi) is 9.71. The molecule has 0 saturated heterocycles. The van der Waals surface area contributed by atoms with E-state index in [-0.39, 0.29) is 0 Å². The van der Waals surface area contributed by atoms with Gasteiger partial charge in [-0.25, -0.2) is 0 Å². The molecule has 1 rings (SSSR count). The maximum Gasteiger partial charge on any atom is 0.0636 e. The quantitative estimate of drug-likeness (QED) is 0.336. The first kappa shape index (κ1) is 23.0. The average molecular weight is 369 g/mol. The smallest absolute Gasteiger partial charge is 0.0636 e. The Morgan fingerprint density at radius 2 is 1.31 bits per heavy atom. The summed E-state index contributed by atoms with van der Waals surface area (Å²) >= 11 is 0. The minimum atomic E-state index is -0.536. The zero-order valence-electron chi connectivity index (χ0n) is 16.5. The summed E-state index contributed by atoms with van der Waals surface area (Å²) in [7, 11) is 0. The first-order chi connectivity index (χ1) is 12.1. The molecule has 0 radical (unpaired) electrons. The molecule has 26 heavy (non-hydrogen) atoms. The van der Waals surface area contributed by atoms with Crippen LogP contribution < -0.4 is 11.1 Å². The van der Waals surface area contributed by atoms with E-state index in [1.165, 1.54) is 0 Å². The van der Waals surface area contributed by atoms with Crippen LogP contribution in [0.25, 0.3) is 0 Å². The van der Waals surface area contributed by atoms with Crippen LogP contribution in [-0.4, -0.2) is 51.4 Å². The zero-order valence-corrected chi connectivity index (χ0v) is 16.5. The van der Waals surface area contributed by atoms with Gasteiger partial charge in [-0.15, -0.1) is 0 Å². The van der Waals surface area contributed by atoms with Crippen LogP contribution in [0.4, 0.5) is 0 Å². The molecular weight excluding hydrogens is 332 g/mol. The number of nitrogens with two attached hydrogens (primary N) is 1. The SMILES string of the molecule is CC(O)CNCc1c(CC(C)O)cc(CN)c(CC(C)O)c1CC(C)O. The third kappa shape index (κ3) is 7.31. The number of nitrogens with one attached hydrogen (secondary N) is 1. The van der Waals surface area contributed by atoms with Crippen molar-refractivity contribution in [3.63, 3.8) is 0 Å². The average Bonchev–Trinajstić information content (AvgIpc) is 2.50. The summed E-state index contributed by atoms with van der Waals surface area (Å²) in [6.45, 7) is 8.25. The number of benzene rings is 1. The molecule has 0 aliphatic rings. The van der Waals surface area contributed by atoms with Crippen molar-refractivity contribution in [2.24, 2.45) is 5.73 Å². The second-order valence-corrected chi connectivity index (χ2v) is 7.47. The van der Waals surface area contributed by atoms with Crippen molar-refractivity contribution >= 4 is 0 Å². The second-order valence-electron chi connectivity index (χ2n) is 7.47. The number of rotatable bonds is 11. The molecule has 6 heteroatoms. The molecule has 1 aromatic rings. The minimum Gasteiger partial charge on any atom is -0.393 e. The molecule has 0 heterocycles. The van der Waals surface area contributed by atoms with Gasteiger partial charge in [0.15, 0.2) is 0 Å². The predicted molar refractivity (Wildman–Crippen MR) is 104 cm³/mol. The van der Waals surface area contributed by atoms with Crippen molar-refractivity contribution in [2.75, 3.05) is 6.54 Å². The summed E-state index contributed by atoms with van der Waals surface area (Å²) in [4.78, 5) is 0. The van der Waals surface area contributed by atoms with Crippen molar-refractivity contribution in [3.05, 3.63) is 33.9 Å². The lowest BCUT2D eigenvalue weighted by Gasteiger charge is -2.25. The fourth-order valence-corrected chi connectivity index (χ4v) is 3.35. The van der Waals surface area contributed by atoms with Gasteiger partial charge in [0.1, 0.15) is 0 Å². The van der Waals surface area contributed by atoms with E-state index in [0.717, 1.165) is 27.8 Å².